The van der Waals surface area contributed by atoms with E-state index in [0.29, 0.717) is 12.0 Å². The number of anilines is 1. The zero-order valence-corrected chi connectivity index (χ0v) is 15.2. The van der Waals surface area contributed by atoms with Gasteiger partial charge in [0.15, 0.2) is 0 Å². The maximum atomic E-state index is 12.3. The number of aryl methyl sites for hydroxylation is 3. The summed E-state index contributed by atoms with van der Waals surface area (Å²) in [5, 5.41) is 3.79. The molecule has 0 aliphatic carbocycles. The third-order valence-electron chi connectivity index (χ3n) is 4.41. The van der Waals surface area contributed by atoms with Gasteiger partial charge in [-0.1, -0.05) is 17.7 Å². The number of rotatable bonds is 5. The molecule has 1 heterocycles. The van der Waals surface area contributed by atoms with E-state index in [1.807, 2.05) is 50.2 Å². The number of aromatic nitrogens is 1. The lowest BCUT2D eigenvalue weighted by Gasteiger charge is -2.09. The average Bonchev–Trinajstić information content (AvgIpc) is 2.62. The van der Waals surface area contributed by atoms with Crippen LogP contribution in [0.25, 0.3) is 10.9 Å². The van der Waals surface area contributed by atoms with Crippen molar-refractivity contribution in [1.82, 2.24) is 4.98 Å². The summed E-state index contributed by atoms with van der Waals surface area (Å²) in [6.07, 6.45) is 0.616. The zero-order chi connectivity index (χ0) is 18.7. The summed E-state index contributed by atoms with van der Waals surface area (Å²) < 4.78 is 5.22. The summed E-state index contributed by atoms with van der Waals surface area (Å²) in [6, 6.07) is 13.2. The highest BCUT2D eigenvalue weighted by Crippen LogP contribution is 2.20. The molecule has 1 amide bonds. The van der Waals surface area contributed by atoms with Crippen molar-refractivity contribution in [2.24, 2.45) is 0 Å². The second-order valence-electron chi connectivity index (χ2n) is 6.44. The Morgan fingerprint density at radius 3 is 2.65 bits per heavy atom. The minimum atomic E-state index is -0.165. The number of carbonyl (C=O) groups excluding carboxylic acids is 1. The van der Waals surface area contributed by atoms with Gasteiger partial charge in [0.1, 0.15) is 5.75 Å². The number of pyridine rings is 1. The Balaban J connectivity index is 1.73. The van der Waals surface area contributed by atoms with Crippen LogP contribution < -0.4 is 15.6 Å². The van der Waals surface area contributed by atoms with Crippen LogP contribution in [-0.4, -0.2) is 18.0 Å². The summed E-state index contributed by atoms with van der Waals surface area (Å²) in [6.45, 7) is 3.98. The number of fused-ring (bicyclic) bond motifs is 1. The molecule has 134 valence electrons. The standard InChI is InChI=1S/C21H22N2O3/c1-13-4-7-18(14(2)10-13)22-20(24)9-5-15-11-16-12-17(26-3)6-8-19(16)23-21(15)25/h4,6-8,10-12H,5,9H2,1-3H3,(H,22,24)(H,23,25). The molecule has 2 aromatic carbocycles. The molecule has 0 radical (unpaired) electrons. The van der Waals surface area contributed by atoms with Gasteiger partial charge in [-0.05, 0) is 56.2 Å². The maximum Gasteiger partial charge on any atom is 0.251 e. The molecule has 0 aliphatic rings. The molecule has 3 aromatic rings. The normalized spacial score (nSPS) is 10.7. The molecule has 26 heavy (non-hydrogen) atoms. The molecule has 0 spiro atoms. The Hall–Kier alpha value is -3.08. The number of amides is 1. The van der Waals surface area contributed by atoms with Crippen LogP contribution >= 0.6 is 0 Å². The Morgan fingerprint density at radius 2 is 1.92 bits per heavy atom. The Bertz CT molecular complexity index is 1020. The van der Waals surface area contributed by atoms with Crippen molar-refractivity contribution < 1.29 is 9.53 Å². The first-order chi connectivity index (χ1) is 12.5. The molecule has 1 aromatic heterocycles. The number of H-pyrrole nitrogens is 1. The van der Waals surface area contributed by atoms with E-state index >= 15 is 0 Å². The predicted molar refractivity (Wildman–Crippen MR) is 104 cm³/mol. The van der Waals surface area contributed by atoms with Crippen molar-refractivity contribution >= 4 is 22.5 Å². The lowest BCUT2D eigenvalue weighted by Crippen LogP contribution is -2.17. The van der Waals surface area contributed by atoms with Gasteiger partial charge in [-0.15, -0.1) is 0 Å². The summed E-state index contributed by atoms with van der Waals surface area (Å²) in [7, 11) is 1.60. The SMILES string of the molecule is COc1ccc2[nH]c(=O)c(CCC(=O)Nc3ccc(C)cc3C)cc2c1. The van der Waals surface area contributed by atoms with Crippen molar-refractivity contribution in [3.8, 4) is 5.75 Å². The van der Waals surface area contributed by atoms with Gasteiger partial charge < -0.3 is 15.0 Å². The molecule has 3 rings (SSSR count). The molecule has 0 saturated heterocycles. The lowest BCUT2D eigenvalue weighted by molar-refractivity contribution is -0.116. The summed E-state index contributed by atoms with van der Waals surface area (Å²) in [5.74, 6) is 0.616. The largest absolute Gasteiger partial charge is 0.497 e. The Morgan fingerprint density at radius 1 is 1.12 bits per heavy atom. The fraction of sp³-hybridized carbons (Fsp3) is 0.238. The van der Waals surface area contributed by atoms with Crippen molar-refractivity contribution in [2.75, 3.05) is 12.4 Å². The van der Waals surface area contributed by atoms with Crippen LogP contribution in [0.1, 0.15) is 23.1 Å². The molecule has 5 nitrogen and oxygen atoms in total. The number of hydrogen-bond donors (Lipinski definition) is 2. The molecule has 0 fully saturated rings. The first-order valence-electron chi connectivity index (χ1n) is 8.53. The van der Waals surface area contributed by atoms with E-state index in [9.17, 15) is 9.59 Å². The van der Waals surface area contributed by atoms with Crippen molar-refractivity contribution in [2.45, 2.75) is 26.7 Å². The van der Waals surface area contributed by atoms with Crippen molar-refractivity contribution in [3.05, 3.63) is 69.5 Å². The molecule has 0 atom stereocenters. The van der Waals surface area contributed by atoms with Gasteiger partial charge in [0.25, 0.3) is 5.56 Å². The molecule has 5 heteroatoms. The van der Waals surface area contributed by atoms with Crippen LogP contribution in [0.2, 0.25) is 0 Å². The number of hydrogen-bond acceptors (Lipinski definition) is 3. The summed E-state index contributed by atoms with van der Waals surface area (Å²) in [5.41, 5.74) is 4.15. The van der Waals surface area contributed by atoms with Gasteiger partial charge in [0.2, 0.25) is 5.91 Å². The van der Waals surface area contributed by atoms with Gasteiger partial charge in [0, 0.05) is 28.6 Å². The second-order valence-corrected chi connectivity index (χ2v) is 6.44. The van der Waals surface area contributed by atoms with Gasteiger partial charge in [-0.3, -0.25) is 9.59 Å². The topological polar surface area (TPSA) is 71.2 Å². The molecule has 0 aliphatic heterocycles. The highest BCUT2D eigenvalue weighted by molar-refractivity contribution is 5.91. The number of carbonyl (C=O) groups is 1. The lowest BCUT2D eigenvalue weighted by atomic mass is 10.1. The number of benzene rings is 2. The van der Waals surface area contributed by atoms with Crippen molar-refractivity contribution in [3.63, 3.8) is 0 Å². The van der Waals surface area contributed by atoms with E-state index in [-0.39, 0.29) is 17.9 Å². The van der Waals surface area contributed by atoms with Gasteiger partial charge in [-0.2, -0.15) is 0 Å². The fourth-order valence-electron chi connectivity index (χ4n) is 2.96. The first kappa shape index (κ1) is 17.7. The number of ether oxygens (including phenoxy) is 1. The predicted octanol–water partition coefficient (Wildman–Crippen LogP) is 3.72. The molecule has 0 saturated carbocycles. The van der Waals surface area contributed by atoms with E-state index in [1.165, 1.54) is 0 Å². The third-order valence-corrected chi connectivity index (χ3v) is 4.41. The van der Waals surface area contributed by atoms with Crippen LogP contribution in [0.4, 0.5) is 5.69 Å². The molecule has 0 bridgehead atoms. The molecule has 0 unspecified atom stereocenters. The zero-order valence-electron chi connectivity index (χ0n) is 15.2. The summed E-state index contributed by atoms with van der Waals surface area (Å²) in [4.78, 5) is 27.3. The fourth-order valence-corrected chi connectivity index (χ4v) is 2.96. The van der Waals surface area contributed by atoms with E-state index in [0.717, 1.165) is 33.5 Å². The first-order valence-corrected chi connectivity index (χ1v) is 8.53. The number of aromatic amines is 1. The maximum absolute atomic E-state index is 12.3. The quantitative estimate of drug-likeness (QED) is 0.737. The Kier molecular flexibility index (Phi) is 5.07. The highest BCUT2D eigenvalue weighted by Gasteiger charge is 2.09. The molecule has 2 N–H and O–H groups in total. The monoisotopic (exact) mass is 350 g/mol. The van der Waals surface area contributed by atoms with Gasteiger partial charge >= 0.3 is 0 Å². The average molecular weight is 350 g/mol. The third kappa shape index (κ3) is 3.94. The van der Waals surface area contributed by atoms with E-state index in [2.05, 4.69) is 10.3 Å². The minimum absolute atomic E-state index is 0.109. The van der Waals surface area contributed by atoms with E-state index in [1.54, 1.807) is 13.2 Å². The van der Waals surface area contributed by atoms with Crippen LogP contribution in [0, 0.1) is 13.8 Å². The van der Waals surface area contributed by atoms with Gasteiger partial charge in [0.05, 0.1) is 7.11 Å². The Labute approximate surface area is 152 Å². The second kappa shape index (κ2) is 7.44. The van der Waals surface area contributed by atoms with E-state index < -0.39 is 0 Å². The molecular formula is C21H22N2O3. The van der Waals surface area contributed by atoms with Crippen LogP contribution in [0.15, 0.2) is 47.3 Å². The molecular weight excluding hydrogens is 328 g/mol. The number of methoxy groups -OCH3 is 1. The minimum Gasteiger partial charge on any atom is -0.497 e. The van der Waals surface area contributed by atoms with Gasteiger partial charge in [-0.25, -0.2) is 0 Å². The van der Waals surface area contributed by atoms with Crippen molar-refractivity contribution in [1.29, 1.82) is 0 Å². The highest BCUT2D eigenvalue weighted by atomic mass is 16.5. The summed E-state index contributed by atoms with van der Waals surface area (Å²) >= 11 is 0. The number of nitrogens with one attached hydrogen (secondary N) is 2. The van der Waals surface area contributed by atoms with E-state index in [4.69, 9.17) is 4.74 Å². The van der Waals surface area contributed by atoms with Crippen LogP contribution in [0.5, 0.6) is 5.75 Å². The smallest absolute Gasteiger partial charge is 0.251 e. The van der Waals surface area contributed by atoms with Crippen LogP contribution in [0.3, 0.4) is 0 Å². The van der Waals surface area contributed by atoms with Crippen LogP contribution in [-0.2, 0) is 11.2 Å².